The van der Waals surface area contributed by atoms with E-state index in [1.165, 1.54) is 6.07 Å². The molecule has 1 aromatic rings. The van der Waals surface area contributed by atoms with Crippen LogP contribution in [0.4, 0.5) is 14.5 Å². The smallest absolute Gasteiger partial charge is 0.387 e. The SMILES string of the molecule is CCC(O)CNc1ccccc1OC(F)F. The van der Waals surface area contributed by atoms with Crippen molar-refractivity contribution in [2.45, 2.75) is 26.1 Å². The van der Waals surface area contributed by atoms with Crippen LogP contribution in [0.3, 0.4) is 0 Å². The van der Waals surface area contributed by atoms with Crippen LogP contribution in [-0.4, -0.2) is 24.4 Å². The fraction of sp³-hybridized carbons (Fsp3) is 0.455. The van der Waals surface area contributed by atoms with Gasteiger partial charge in [-0.3, -0.25) is 0 Å². The number of aliphatic hydroxyl groups is 1. The minimum absolute atomic E-state index is 0.0841. The zero-order valence-corrected chi connectivity index (χ0v) is 8.99. The van der Waals surface area contributed by atoms with Crippen molar-refractivity contribution in [3.05, 3.63) is 24.3 Å². The lowest BCUT2D eigenvalue weighted by Gasteiger charge is -2.14. The van der Waals surface area contributed by atoms with Crippen molar-refractivity contribution in [3.63, 3.8) is 0 Å². The molecule has 0 fully saturated rings. The maximum absolute atomic E-state index is 12.1. The summed E-state index contributed by atoms with van der Waals surface area (Å²) in [5.74, 6) is 0.0841. The van der Waals surface area contributed by atoms with Crippen molar-refractivity contribution < 1.29 is 18.6 Å². The molecule has 0 aliphatic heterocycles. The van der Waals surface area contributed by atoms with Gasteiger partial charge in [-0.2, -0.15) is 8.78 Å². The fourth-order valence-corrected chi connectivity index (χ4v) is 1.18. The van der Waals surface area contributed by atoms with Crippen LogP contribution in [-0.2, 0) is 0 Å². The number of aliphatic hydroxyl groups excluding tert-OH is 1. The van der Waals surface area contributed by atoms with Gasteiger partial charge in [0.15, 0.2) is 0 Å². The summed E-state index contributed by atoms with van der Waals surface area (Å²) in [6, 6.07) is 6.39. The number of benzene rings is 1. The largest absolute Gasteiger partial charge is 0.433 e. The lowest BCUT2D eigenvalue weighted by atomic mass is 10.2. The minimum Gasteiger partial charge on any atom is -0.433 e. The second kappa shape index (κ2) is 6.27. The summed E-state index contributed by atoms with van der Waals surface area (Å²) in [7, 11) is 0. The zero-order chi connectivity index (χ0) is 12.0. The molecule has 0 aromatic heterocycles. The number of para-hydroxylation sites is 2. The van der Waals surface area contributed by atoms with E-state index >= 15 is 0 Å². The quantitative estimate of drug-likeness (QED) is 0.790. The maximum atomic E-state index is 12.1. The lowest BCUT2D eigenvalue weighted by Crippen LogP contribution is -2.18. The Balaban J connectivity index is 2.63. The van der Waals surface area contributed by atoms with Crippen molar-refractivity contribution in [3.8, 4) is 5.75 Å². The second-order valence-electron chi connectivity index (χ2n) is 3.32. The summed E-state index contributed by atoms with van der Waals surface area (Å²) < 4.78 is 28.5. The maximum Gasteiger partial charge on any atom is 0.387 e. The number of halogens is 2. The zero-order valence-electron chi connectivity index (χ0n) is 8.99. The van der Waals surface area contributed by atoms with Crippen LogP contribution in [0, 0.1) is 0 Å². The highest BCUT2D eigenvalue weighted by Gasteiger charge is 2.09. The first-order chi connectivity index (χ1) is 7.63. The van der Waals surface area contributed by atoms with Crippen LogP contribution >= 0.6 is 0 Å². The van der Waals surface area contributed by atoms with Crippen LogP contribution in [0.1, 0.15) is 13.3 Å². The molecular formula is C11H15F2NO2. The molecule has 5 heteroatoms. The fourth-order valence-electron chi connectivity index (χ4n) is 1.18. The Labute approximate surface area is 93.0 Å². The third-order valence-corrected chi connectivity index (χ3v) is 2.10. The van der Waals surface area contributed by atoms with Gasteiger partial charge in [-0.25, -0.2) is 0 Å². The predicted molar refractivity (Wildman–Crippen MR) is 57.9 cm³/mol. The van der Waals surface area contributed by atoms with Gasteiger partial charge in [0, 0.05) is 6.54 Å². The van der Waals surface area contributed by atoms with Gasteiger partial charge in [0.05, 0.1) is 11.8 Å². The van der Waals surface area contributed by atoms with Crippen LogP contribution < -0.4 is 10.1 Å². The van der Waals surface area contributed by atoms with Crippen LogP contribution in [0.15, 0.2) is 24.3 Å². The van der Waals surface area contributed by atoms with Crippen LogP contribution in [0.25, 0.3) is 0 Å². The first-order valence-corrected chi connectivity index (χ1v) is 5.09. The molecule has 3 nitrogen and oxygen atoms in total. The Bertz CT molecular complexity index is 321. The second-order valence-corrected chi connectivity index (χ2v) is 3.32. The standard InChI is InChI=1S/C11H15F2NO2/c1-2-8(15)7-14-9-5-3-4-6-10(9)16-11(12)13/h3-6,8,11,14-15H,2,7H2,1H3. The van der Waals surface area contributed by atoms with Gasteiger partial charge in [-0.1, -0.05) is 19.1 Å². The molecule has 0 heterocycles. The number of alkyl halides is 2. The van der Waals surface area contributed by atoms with E-state index in [1.807, 2.05) is 6.92 Å². The van der Waals surface area contributed by atoms with Crippen LogP contribution in [0.5, 0.6) is 5.75 Å². The molecule has 0 saturated carbocycles. The average Bonchev–Trinajstić information content (AvgIpc) is 2.26. The van der Waals surface area contributed by atoms with Crippen LogP contribution in [0.2, 0.25) is 0 Å². The Morgan fingerprint density at radius 3 is 2.69 bits per heavy atom. The molecule has 0 saturated heterocycles. The summed E-state index contributed by atoms with van der Waals surface area (Å²) in [4.78, 5) is 0. The van der Waals surface area contributed by atoms with E-state index in [-0.39, 0.29) is 5.75 Å². The summed E-state index contributed by atoms with van der Waals surface area (Å²) >= 11 is 0. The Morgan fingerprint density at radius 2 is 2.06 bits per heavy atom. The third-order valence-electron chi connectivity index (χ3n) is 2.10. The molecule has 1 atom stereocenters. The average molecular weight is 231 g/mol. The van der Waals surface area contributed by atoms with Crippen molar-refractivity contribution in [1.29, 1.82) is 0 Å². The summed E-state index contributed by atoms with van der Waals surface area (Å²) in [5, 5.41) is 12.2. The van der Waals surface area contributed by atoms with Gasteiger partial charge in [0.2, 0.25) is 0 Å². The van der Waals surface area contributed by atoms with Gasteiger partial charge in [0.25, 0.3) is 0 Å². The number of hydrogen-bond donors (Lipinski definition) is 2. The van der Waals surface area contributed by atoms with Gasteiger partial charge in [-0.05, 0) is 18.6 Å². The van der Waals surface area contributed by atoms with E-state index < -0.39 is 12.7 Å². The third kappa shape index (κ3) is 4.02. The molecule has 2 N–H and O–H groups in total. The first kappa shape index (κ1) is 12.7. The molecule has 0 amide bonds. The monoisotopic (exact) mass is 231 g/mol. The molecule has 1 rings (SSSR count). The van der Waals surface area contributed by atoms with Gasteiger partial charge < -0.3 is 15.2 Å². The van der Waals surface area contributed by atoms with Crippen molar-refractivity contribution in [2.24, 2.45) is 0 Å². The molecule has 0 aliphatic rings. The molecule has 0 radical (unpaired) electrons. The van der Waals surface area contributed by atoms with Crippen molar-refractivity contribution >= 4 is 5.69 Å². The Kier molecular flexibility index (Phi) is 4.98. The molecule has 0 aliphatic carbocycles. The highest BCUT2D eigenvalue weighted by molar-refractivity contribution is 5.56. The first-order valence-electron chi connectivity index (χ1n) is 5.09. The van der Waals surface area contributed by atoms with Gasteiger partial charge in [-0.15, -0.1) is 0 Å². The predicted octanol–water partition coefficient (Wildman–Crippen LogP) is 2.47. The number of hydrogen-bond acceptors (Lipinski definition) is 3. The molecular weight excluding hydrogens is 216 g/mol. The van der Waals surface area contributed by atoms with E-state index in [2.05, 4.69) is 10.1 Å². The molecule has 90 valence electrons. The summed E-state index contributed by atoms with van der Waals surface area (Å²) in [6.07, 6.45) is 0.102. The summed E-state index contributed by atoms with van der Waals surface area (Å²) in [6.45, 7) is -0.701. The van der Waals surface area contributed by atoms with Gasteiger partial charge in [0.1, 0.15) is 5.75 Å². The van der Waals surface area contributed by atoms with E-state index in [0.717, 1.165) is 0 Å². The Hall–Kier alpha value is -1.36. The Morgan fingerprint density at radius 1 is 1.38 bits per heavy atom. The van der Waals surface area contributed by atoms with E-state index in [0.29, 0.717) is 18.7 Å². The number of nitrogens with one attached hydrogen (secondary N) is 1. The van der Waals surface area contributed by atoms with E-state index in [4.69, 9.17) is 0 Å². The summed E-state index contributed by atoms with van der Waals surface area (Å²) in [5.41, 5.74) is 0.454. The topological polar surface area (TPSA) is 41.5 Å². The number of anilines is 1. The molecule has 1 unspecified atom stereocenters. The van der Waals surface area contributed by atoms with Crippen molar-refractivity contribution in [2.75, 3.05) is 11.9 Å². The van der Waals surface area contributed by atoms with E-state index in [1.54, 1.807) is 18.2 Å². The molecule has 0 spiro atoms. The highest BCUT2D eigenvalue weighted by atomic mass is 19.3. The van der Waals surface area contributed by atoms with Gasteiger partial charge >= 0.3 is 6.61 Å². The highest BCUT2D eigenvalue weighted by Crippen LogP contribution is 2.25. The number of rotatable bonds is 6. The van der Waals surface area contributed by atoms with Crippen molar-refractivity contribution in [1.82, 2.24) is 0 Å². The molecule has 16 heavy (non-hydrogen) atoms. The normalized spacial score (nSPS) is 12.6. The lowest BCUT2D eigenvalue weighted by molar-refractivity contribution is -0.0493. The number of ether oxygens (including phenoxy) is 1. The molecule has 1 aromatic carbocycles. The van der Waals surface area contributed by atoms with E-state index in [9.17, 15) is 13.9 Å². The molecule has 0 bridgehead atoms. The minimum atomic E-state index is -2.85.